The van der Waals surface area contributed by atoms with E-state index < -0.39 is 33.8 Å². The van der Waals surface area contributed by atoms with Gasteiger partial charge in [-0.15, -0.1) is 0 Å². The summed E-state index contributed by atoms with van der Waals surface area (Å²) < 4.78 is 43.2. The lowest BCUT2D eigenvalue weighted by molar-refractivity contribution is -0.385. The zero-order valence-corrected chi connectivity index (χ0v) is 12.6. The van der Waals surface area contributed by atoms with Gasteiger partial charge in [-0.3, -0.25) is 15.1 Å². The van der Waals surface area contributed by atoms with Crippen LogP contribution in [0.1, 0.15) is 5.56 Å². The van der Waals surface area contributed by atoms with Gasteiger partial charge in [-0.25, -0.2) is 0 Å². The summed E-state index contributed by atoms with van der Waals surface area (Å²) >= 11 is 0. The van der Waals surface area contributed by atoms with Gasteiger partial charge in [0.25, 0.3) is 0 Å². The van der Waals surface area contributed by atoms with E-state index in [1.165, 1.54) is 6.07 Å². The van der Waals surface area contributed by atoms with Crippen LogP contribution in [0.3, 0.4) is 0 Å². The maximum atomic E-state index is 12.8. The third-order valence-corrected chi connectivity index (χ3v) is 3.42. The molecular formula is C15H8F3N3O5. The van der Waals surface area contributed by atoms with Crippen molar-refractivity contribution in [2.24, 2.45) is 0 Å². The number of nitro benzene ring substituents is 1. The molecule has 26 heavy (non-hydrogen) atoms. The SMILES string of the molecule is O=[N+]([O-])c1cc(-c2cc(-c3cncc(C(F)(F)F)c3)on2)cc(O)c1O. The molecule has 0 bridgehead atoms. The lowest BCUT2D eigenvalue weighted by Gasteiger charge is -2.06. The number of nitro groups is 1. The molecule has 2 N–H and O–H groups in total. The van der Waals surface area contributed by atoms with E-state index in [9.17, 15) is 33.5 Å². The molecule has 2 aromatic heterocycles. The number of alkyl halides is 3. The van der Waals surface area contributed by atoms with Gasteiger partial charge in [0.05, 0.1) is 10.5 Å². The van der Waals surface area contributed by atoms with Crippen molar-refractivity contribution in [1.29, 1.82) is 0 Å². The van der Waals surface area contributed by atoms with Gasteiger partial charge in [-0.05, 0) is 12.1 Å². The molecule has 1 aromatic carbocycles. The third-order valence-electron chi connectivity index (χ3n) is 3.42. The minimum Gasteiger partial charge on any atom is -0.504 e. The monoisotopic (exact) mass is 367 g/mol. The molecule has 0 saturated heterocycles. The van der Waals surface area contributed by atoms with Crippen LogP contribution in [0, 0.1) is 10.1 Å². The number of hydrogen-bond acceptors (Lipinski definition) is 7. The quantitative estimate of drug-likeness (QED) is 0.411. The molecule has 0 atom stereocenters. The molecule has 0 fully saturated rings. The maximum Gasteiger partial charge on any atom is 0.417 e. The summed E-state index contributed by atoms with van der Waals surface area (Å²) in [6.45, 7) is 0. The highest BCUT2D eigenvalue weighted by Crippen LogP contribution is 2.40. The largest absolute Gasteiger partial charge is 0.504 e. The Morgan fingerprint density at radius 2 is 1.81 bits per heavy atom. The molecule has 3 aromatic rings. The highest BCUT2D eigenvalue weighted by molar-refractivity contribution is 5.72. The van der Waals surface area contributed by atoms with Crippen LogP contribution in [-0.2, 0) is 6.18 Å². The van der Waals surface area contributed by atoms with E-state index in [0.717, 1.165) is 24.4 Å². The van der Waals surface area contributed by atoms with E-state index in [0.29, 0.717) is 6.20 Å². The number of phenolic OH excluding ortho intramolecular Hbond substituents is 2. The van der Waals surface area contributed by atoms with Crippen LogP contribution in [-0.4, -0.2) is 25.3 Å². The van der Waals surface area contributed by atoms with Crippen LogP contribution in [0.15, 0.2) is 41.2 Å². The van der Waals surface area contributed by atoms with Gasteiger partial charge in [0.15, 0.2) is 11.5 Å². The highest BCUT2D eigenvalue weighted by Gasteiger charge is 2.31. The second kappa shape index (κ2) is 6.02. The van der Waals surface area contributed by atoms with E-state index in [4.69, 9.17) is 4.52 Å². The predicted octanol–water partition coefficient (Wildman–Crippen LogP) is 3.74. The second-order valence-electron chi connectivity index (χ2n) is 5.16. The Morgan fingerprint density at radius 1 is 1.08 bits per heavy atom. The van der Waals surface area contributed by atoms with Crippen molar-refractivity contribution >= 4 is 5.69 Å². The fourth-order valence-electron chi connectivity index (χ4n) is 2.17. The standard InChI is InChI=1S/C15H8F3N3O5/c16-15(17,18)9-1-8(5-19-6-9)13-4-10(20-26-13)7-2-11(21(24)25)14(23)12(22)3-7/h1-6,22-23H. The minimum absolute atomic E-state index is 0.00363. The first-order valence-electron chi connectivity index (χ1n) is 6.87. The number of hydrogen-bond donors (Lipinski definition) is 2. The van der Waals surface area contributed by atoms with E-state index in [-0.39, 0.29) is 22.6 Å². The Labute approximate surface area is 142 Å². The lowest BCUT2D eigenvalue weighted by Crippen LogP contribution is -2.05. The normalized spacial score (nSPS) is 11.5. The van der Waals surface area contributed by atoms with Gasteiger partial charge in [0, 0.05) is 35.7 Å². The summed E-state index contributed by atoms with van der Waals surface area (Å²) in [5.74, 6) is -1.72. The number of phenols is 2. The molecule has 3 rings (SSSR count). The molecule has 0 aliphatic rings. The van der Waals surface area contributed by atoms with Crippen molar-refractivity contribution < 1.29 is 32.8 Å². The van der Waals surface area contributed by atoms with Crippen LogP contribution in [0.5, 0.6) is 11.5 Å². The Hall–Kier alpha value is -3.63. The molecule has 0 radical (unpaired) electrons. The minimum atomic E-state index is -4.59. The molecule has 0 aliphatic heterocycles. The lowest BCUT2D eigenvalue weighted by atomic mass is 10.1. The summed E-state index contributed by atoms with van der Waals surface area (Å²) in [6.07, 6.45) is -2.80. The van der Waals surface area contributed by atoms with Crippen molar-refractivity contribution in [1.82, 2.24) is 10.1 Å². The Kier molecular flexibility index (Phi) is 3.98. The summed E-state index contributed by atoms with van der Waals surface area (Å²) in [5, 5.41) is 33.6. The number of aromatic nitrogens is 2. The fourth-order valence-corrected chi connectivity index (χ4v) is 2.17. The topological polar surface area (TPSA) is 123 Å². The zero-order valence-electron chi connectivity index (χ0n) is 12.6. The second-order valence-corrected chi connectivity index (χ2v) is 5.16. The molecule has 134 valence electrons. The van der Waals surface area contributed by atoms with Crippen molar-refractivity contribution in [2.75, 3.05) is 0 Å². The molecule has 2 heterocycles. The number of rotatable bonds is 3. The maximum absolute atomic E-state index is 12.8. The van der Waals surface area contributed by atoms with Crippen LogP contribution in [0.4, 0.5) is 18.9 Å². The van der Waals surface area contributed by atoms with Crippen LogP contribution < -0.4 is 0 Å². The smallest absolute Gasteiger partial charge is 0.417 e. The summed E-state index contributed by atoms with van der Waals surface area (Å²) in [7, 11) is 0. The van der Waals surface area contributed by atoms with E-state index >= 15 is 0 Å². The molecule has 0 spiro atoms. The Morgan fingerprint density at radius 3 is 2.46 bits per heavy atom. The molecule has 0 saturated carbocycles. The molecule has 8 nitrogen and oxygen atoms in total. The van der Waals surface area contributed by atoms with Gasteiger partial charge >= 0.3 is 11.9 Å². The number of benzene rings is 1. The average molecular weight is 367 g/mol. The van der Waals surface area contributed by atoms with Crippen molar-refractivity contribution in [3.63, 3.8) is 0 Å². The first-order valence-corrected chi connectivity index (χ1v) is 6.87. The first-order chi connectivity index (χ1) is 12.2. The van der Waals surface area contributed by atoms with E-state index in [1.54, 1.807) is 0 Å². The summed E-state index contributed by atoms with van der Waals surface area (Å²) in [4.78, 5) is 13.5. The highest BCUT2D eigenvalue weighted by atomic mass is 19.4. The number of pyridine rings is 1. The molecule has 0 aliphatic carbocycles. The molecular weight excluding hydrogens is 359 g/mol. The van der Waals surface area contributed by atoms with Crippen LogP contribution >= 0.6 is 0 Å². The zero-order chi connectivity index (χ0) is 19.1. The first kappa shape index (κ1) is 17.2. The Bertz CT molecular complexity index is 1000. The van der Waals surface area contributed by atoms with Crippen LogP contribution in [0.2, 0.25) is 0 Å². The molecule has 0 unspecified atom stereocenters. The van der Waals surface area contributed by atoms with Gasteiger partial charge in [-0.2, -0.15) is 13.2 Å². The number of aromatic hydroxyl groups is 2. The van der Waals surface area contributed by atoms with Crippen molar-refractivity contribution in [3.8, 4) is 34.1 Å². The van der Waals surface area contributed by atoms with Crippen molar-refractivity contribution in [2.45, 2.75) is 6.18 Å². The molecule has 11 heteroatoms. The molecule has 0 amide bonds. The average Bonchev–Trinajstić information content (AvgIpc) is 3.06. The summed E-state index contributed by atoms with van der Waals surface area (Å²) in [6, 6.07) is 4.00. The van der Waals surface area contributed by atoms with E-state index in [2.05, 4.69) is 10.1 Å². The van der Waals surface area contributed by atoms with Gasteiger partial charge in [-0.1, -0.05) is 5.16 Å². The van der Waals surface area contributed by atoms with Gasteiger partial charge in [0.2, 0.25) is 5.75 Å². The van der Waals surface area contributed by atoms with Gasteiger partial charge in [0.1, 0.15) is 5.69 Å². The number of nitrogens with zero attached hydrogens (tertiary/aromatic N) is 3. The number of halogens is 3. The Balaban J connectivity index is 2.03. The van der Waals surface area contributed by atoms with Crippen LogP contribution in [0.25, 0.3) is 22.6 Å². The predicted molar refractivity (Wildman–Crippen MR) is 80.2 cm³/mol. The summed E-state index contributed by atoms with van der Waals surface area (Å²) in [5.41, 5.74) is -1.70. The fraction of sp³-hybridized carbons (Fsp3) is 0.0667. The van der Waals surface area contributed by atoms with Crippen molar-refractivity contribution in [3.05, 3.63) is 52.3 Å². The third kappa shape index (κ3) is 3.14. The van der Waals surface area contributed by atoms with E-state index in [1.807, 2.05) is 0 Å². The van der Waals surface area contributed by atoms with Gasteiger partial charge < -0.3 is 14.7 Å².